The van der Waals surface area contributed by atoms with Crippen LogP contribution in [-0.2, 0) is 22.7 Å². The van der Waals surface area contributed by atoms with Gasteiger partial charge in [-0.05, 0) is 74.2 Å². The summed E-state index contributed by atoms with van der Waals surface area (Å²) in [6.45, 7) is 5.47. The number of piperidine rings is 1. The van der Waals surface area contributed by atoms with Crippen molar-refractivity contribution in [3.63, 3.8) is 0 Å². The van der Waals surface area contributed by atoms with Gasteiger partial charge >= 0.3 is 0 Å². The molecule has 1 aliphatic heterocycles. The molecule has 0 bridgehead atoms. The largest absolute Gasteiger partial charge is 0.392 e. The van der Waals surface area contributed by atoms with Crippen molar-refractivity contribution in [1.82, 2.24) is 20.4 Å². The summed E-state index contributed by atoms with van der Waals surface area (Å²) in [6, 6.07) is 11.9. The lowest BCUT2D eigenvalue weighted by Gasteiger charge is -2.35. The highest BCUT2D eigenvalue weighted by Crippen LogP contribution is 2.18. The lowest BCUT2D eigenvalue weighted by Crippen LogP contribution is -2.46. The summed E-state index contributed by atoms with van der Waals surface area (Å²) in [5, 5.41) is 15.3. The number of nitrogens with zero attached hydrogens (tertiary/aromatic N) is 2. The minimum Gasteiger partial charge on any atom is -0.392 e. The molecule has 0 saturated carbocycles. The van der Waals surface area contributed by atoms with E-state index in [1.807, 2.05) is 4.90 Å². The summed E-state index contributed by atoms with van der Waals surface area (Å²) in [5.74, 6) is -0.746. The van der Waals surface area contributed by atoms with Gasteiger partial charge in [-0.25, -0.2) is 8.78 Å². The number of carbonyl (C=O) groups is 2. The smallest absolute Gasteiger partial charge is 0.234 e. The van der Waals surface area contributed by atoms with E-state index >= 15 is 0 Å². The summed E-state index contributed by atoms with van der Waals surface area (Å²) in [4.78, 5) is 29.4. The Labute approximate surface area is 211 Å². The molecule has 3 rings (SSSR count). The van der Waals surface area contributed by atoms with E-state index in [0.29, 0.717) is 19.0 Å². The van der Waals surface area contributed by atoms with Crippen molar-refractivity contribution >= 4 is 11.8 Å². The number of nitrogens with one attached hydrogen (secondary N) is 2. The first-order chi connectivity index (χ1) is 17.3. The second kappa shape index (κ2) is 14.0. The fourth-order valence-electron chi connectivity index (χ4n) is 4.40. The summed E-state index contributed by atoms with van der Waals surface area (Å²) >= 11 is 0. The predicted molar refractivity (Wildman–Crippen MR) is 134 cm³/mol. The van der Waals surface area contributed by atoms with E-state index in [1.54, 1.807) is 31.2 Å². The van der Waals surface area contributed by atoms with Crippen molar-refractivity contribution in [3.05, 3.63) is 71.3 Å². The molecule has 2 aromatic rings. The van der Waals surface area contributed by atoms with E-state index in [0.717, 1.165) is 37.1 Å². The van der Waals surface area contributed by atoms with Crippen LogP contribution in [0.15, 0.2) is 48.5 Å². The van der Waals surface area contributed by atoms with E-state index in [4.69, 9.17) is 0 Å². The normalized spacial score (nSPS) is 15.6. The maximum absolute atomic E-state index is 13.1. The molecule has 1 saturated heterocycles. The molecule has 3 N–H and O–H groups in total. The number of benzene rings is 2. The highest BCUT2D eigenvalue weighted by atomic mass is 19.1. The number of likely N-dealkylation sites (tertiary alicyclic amines) is 1. The maximum Gasteiger partial charge on any atom is 0.234 e. The Morgan fingerprint density at radius 3 is 1.78 bits per heavy atom. The quantitative estimate of drug-likeness (QED) is 0.415. The zero-order valence-electron chi connectivity index (χ0n) is 20.8. The number of aliphatic hydroxyl groups excluding tert-OH is 1. The van der Waals surface area contributed by atoms with Crippen molar-refractivity contribution < 1.29 is 23.5 Å². The van der Waals surface area contributed by atoms with Crippen molar-refractivity contribution in [3.8, 4) is 0 Å². The molecule has 1 aliphatic rings. The molecular formula is C27H36F2N4O3. The van der Waals surface area contributed by atoms with E-state index in [-0.39, 0.29) is 55.7 Å². The van der Waals surface area contributed by atoms with Crippen LogP contribution in [0, 0.1) is 17.6 Å². The minimum atomic E-state index is -0.368. The van der Waals surface area contributed by atoms with Gasteiger partial charge in [0.05, 0.1) is 19.2 Å². The van der Waals surface area contributed by atoms with Gasteiger partial charge in [0.15, 0.2) is 0 Å². The summed E-state index contributed by atoms with van der Waals surface area (Å²) < 4.78 is 26.2. The van der Waals surface area contributed by atoms with Crippen LogP contribution in [0.3, 0.4) is 0 Å². The van der Waals surface area contributed by atoms with Crippen LogP contribution in [0.4, 0.5) is 8.78 Å². The first kappa shape index (κ1) is 27.7. The molecule has 0 aliphatic carbocycles. The molecule has 36 heavy (non-hydrogen) atoms. The third-order valence-corrected chi connectivity index (χ3v) is 6.29. The highest BCUT2D eigenvalue weighted by molar-refractivity contribution is 5.81. The SMILES string of the molecule is CC(O)CN1CCC(CN(CC(=O)NCc2ccc(F)cc2)CC(=O)NCc2ccc(F)cc2)CC1. The van der Waals surface area contributed by atoms with Crippen molar-refractivity contribution in [1.29, 1.82) is 0 Å². The van der Waals surface area contributed by atoms with Crippen LogP contribution in [0.25, 0.3) is 0 Å². The number of amides is 2. The Kier molecular flexibility index (Phi) is 10.8. The molecule has 1 atom stereocenters. The molecule has 2 amide bonds. The van der Waals surface area contributed by atoms with E-state index < -0.39 is 0 Å². The van der Waals surface area contributed by atoms with Gasteiger partial charge in [-0.15, -0.1) is 0 Å². The Morgan fingerprint density at radius 2 is 1.36 bits per heavy atom. The molecular weight excluding hydrogens is 466 g/mol. The summed E-state index contributed by atoms with van der Waals surface area (Å²) in [6.07, 6.45) is 1.49. The average Bonchev–Trinajstić information content (AvgIpc) is 2.84. The van der Waals surface area contributed by atoms with E-state index in [2.05, 4.69) is 15.5 Å². The fraction of sp³-hybridized carbons (Fsp3) is 0.481. The predicted octanol–water partition coefficient (Wildman–Crippen LogP) is 2.29. The van der Waals surface area contributed by atoms with Crippen LogP contribution in [-0.4, -0.2) is 72.1 Å². The van der Waals surface area contributed by atoms with Gasteiger partial charge in [0, 0.05) is 26.2 Å². The number of hydrogen-bond donors (Lipinski definition) is 3. The molecule has 0 radical (unpaired) electrons. The lowest BCUT2D eigenvalue weighted by molar-refractivity contribution is -0.125. The summed E-state index contributed by atoms with van der Waals surface area (Å²) in [5.41, 5.74) is 1.58. The lowest BCUT2D eigenvalue weighted by atomic mass is 9.96. The van der Waals surface area contributed by atoms with Gasteiger partial charge in [0.25, 0.3) is 0 Å². The van der Waals surface area contributed by atoms with E-state index in [1.165, 1.54) is 24.3 Å². The molecule has 196 valence electrons. The maximum atomic E-state index is 13.1. The molecule has 9 heteroatoms. The van der Waals surface area contributed by atoms with Gasteiger partial charge in [-0.2, -0.15) is 0 Å². The standard InChI is InChI=1S/C27H36F2N4O3/c1-20(34)16-32-12-10-23(11-13-32)17-33(18-26(35)30-14-21-2-6-24(28)7-3-21)19-27(36)31-15-22-4-8-25(29)9-5-22/h2-9,20,23,34H,10-19H2,1H3,(H,30,35)(H,31,36). The zero-order chi connectivity index (χ0) is 25.9. The Hall–Kier alpha value is -2.88. The molecule has 7 nitrogen and oxygen atoms in total. The Balaban J connectivity index is 1.53. The van der Waals surface area contributed by atoms with Crippen LogP contribution in [0.1, 0.15) is 30.9 Å². The fourth-order valence-corrected chi connectivity index (χ4v) is 4.40. The van der Waals surface area contributed by atoms with Gasteiger partial charge in [-0.1, -0.05) is 24.3 Å². The van der Waals surface area contributed by atoms with Crippen LogP contribution in [0.5, 0.6) is 0 Å². The van der Waals surface area contributed by atoms with Crippen LogP contribution in [0.2, 0.25) is 0 Å². The van der Waals surface area contributed by atoms with Gasteiger partial charge in [0.1, 0.15) is 11.6 Å². The monoisotopic (exact) mass is 502 g/mol. The molecule has 1 heterocycles. The highest BCUT2D eigenvalue weighted by Gasteiger charge is 2.24. The van der Waals surface area contributed by atoms with Crippen molar-refractivity contribution in [2.75, 3.05) is 39.3 Å². The molecule has 1 unspecified atom stereocenters. The van der Waals surface area contributed by atoms with Gasteiger partial charge < -0.3 is 20.6 Å². The second-order valence-corrected chi connectivity index (χ2v) is 9.57. The molecule has 2 aromatic carbocycles. The number of rotatable bonds is 12. The van der Waals surface area contributed by atoms with E-state index in [9.17, 15) is 23.5 Å². The van der Waals surface area contributed by atoms with Crippen LogP contribution >= 0.6 is 0 Å². The van der Waals surface area contributed by atoms with Crippen LogP contribution < -0.4 is 10.6 Å². The van der Waals surface area contributed by atoms with Gasteiger partial charge in [0.2, 0.25) is 11.8 Å². The minimum absolute atomic E-state index is 0.0685. The van der Waals surface area contributed by atoms with Crippen molar-refractivity contribution in [2.45, 2.75) is 39.0 Å². The number of aliphatic hydroxyl groups is 1. The number of halogens is 2. The van der Waals surface area contributed by atoms with Crippen molar-refractivity contribution in [2.24, 2.45) is 5.92 Å². The Morgan fingerprint density at radius 1 is 0.917 bits per heavy atom. The molecule has 1 fully saturated rings. The first-order valence-electron chi connectivity index (χ1n) is 12.4. The van der Waals surface area contributed by atoms with Gasteiger partial charge in [-0.3, -0.25) is 14.5 Å². The third kappa shape index (κ3) is 10.0. The number of β-amino-alcohol motifs (C(OH)–C–C–N with tert-alkyl or cyclic N) is 1. The second-order valence-electron chi connectivity index (χ2n) is 9.57. The molecule has 0 spiro atoms. The number of carbonyl (C=O) groups excluding carboxylic acids is 2. The third-order valence-electron chi connectivity index (χ3n) is 6.29. The first-order valence-corrected chi connectivity index (χ1v) is 12.4. The topological polar surface area (TPSA) is 84.9 Å². The molecule has 0 aromatic heterocycles. The average molecular weight is 503 g/mol. The summed E-state index contributed by atoms with van der Waals surface area (Å²) in [7, 11) is 0. The number of hydrogen-bond acceptors (Lipinski definition) is 5. The Bertz CT molecular complexity index is 898. The zero-order valence-corrected chi connectivity index (χ0v) is 20.8.